The summed E-state index contributed by atoms with van der Waals surface area (Å²) in [6.45, 7) is 2.89. The lowest BCUT2D eigenvalue weighted by atomic mass is 10.2. The summed E-state index contributed by atoms with van der Waals surface area (Å²) in [4.78, 5) is 1.32. The summed E-state index contributed by atoms with van der Waals surface area (Å²) >= 11 is 9.29. The molecule has 0 aliphatic heterocycles. The lowest BCUT2D eigenvalue weighted by Crippen LogP contribution is -2.14. The highest BCUT2D eigenvalue weighted by Gasteiger charge is 2.06. The number of hydrogen-bond acceptors (Lipinski definition) is 5. The Morgan fingerprint density at radius 2 is 2.09 bits per heavy atom. The first-order chi connectivity index (χ1) is 10.7. The Labute approximate surface area is 142 Å². The zero-order valence-electron chi connectivity index (χ0n) is 12.0. The van der Waals surface area contributed by atoms with Crippen LogP contribution in [0.5, 0.6) is 0 Å². The Morgan fingerprint density at radius 1 is 1.27 bits per heavy atom. The molecule has 0 saturated heterocycles. The molecular formula is C15H15ClN4S2. The van der Waals surface area contributed by atoms with E-state index in [1.165, 1.54) is 16.0 Å². The summed E-state index contributed by atoms with van der Waals surface area (Å²) in [7, 11) is 0. The molecule has 2 aromatic heterocycles. The molecular weight excluding hydrogens is 336 g/mol. The van der Waals surface area contributed by atoms with Crippen LogP contribution in [-0.4, -0.2) is 14.9 Å². The van der Waals surface area contributed by atoms with E-state index in [1.807, 2.05) is 28.9 Å². The first kappa shape index (κ1) is 15.4. The molecule has 4 nitrogen and oxygen atoms in total. The molecule has 0 atom stereocenters. The monoisotopic (exact) mass is 350 g/mol. The number of halogens is 1. The molecule has 0 aliphatic carbocycles. The van der Waals surface area contributed by atoms with Gasteiger partial charge < -0.3 is 5.43 Å². The van der Waals surface area contributed by atoms with E-state index in [0.717, 1.165) is 22.5 Å². The first-order valence-corrected chi connectivity index (χ1v) is 9.01. The van der Waals surface area contributed by atoms with Crippen LogP contribution in [-0.2, 0) is 12.3 Å². The van der Waals surface area contributed by atoms with Gasteiger partial charge in [-0.2, -0.15) is 0 Å². The smallest absolute Gasteiger partial charge is 0.210 e. The topological polar surface area (TPSA) is 42.7 Å². The Morgan fingerprint density at radius 3 is 2.82 bits per heavy atom. The van der Waals surface area contributed by atoms with Crippen LogP contribution in [0.3, 0.4) is 0 Å². The fourth-order valence-corrected chi connectivity index (χ4v) is 3.71. The Balaban J connectivity index is 1.60. The maximum atomic E-state index is 5.90. The molecule has 22 heavy (non-hydrogen) atoms. The van der Waals surface area contributed by atoms with Gasteiger partial charge in [0.15, 0.2) is 0 Å². The highest BCUT2D eigenvalue weighted by molar-refractivity contribution is 7.98. The SMILES string of the molecule is Cc1ccsc1CNn1cnnc1SCc1ccc(Cl)cc1. The molecule has 0 spiro atoms. The molecule has 3 aromatic rings. The maximum Gasteiger partial charge on any atom is 0.210 e. The van der Waals surface area contributed by atoms with Crippen LogP contribution in [0, 0.1) is 6.92 Å². The number of thioether (sulfide) groups is 1. The lowest BCUT2D eigenvalue weighted by molar-refractivity contribution is 0.753. The van der Waals surface area contributed by atoms with Gasteiger partial charge in [0.1, 0.15) is 6.33 Å². The Bertz CT molecular complexity index is 736. The molecule has 1 aromatic carbocycles. The summed E-state index contributed by atoms with van der Waals surface area (Å²) in [6.07, 6.45) is 1.70. The number of hydrogen-bond donors (Lipinski definition) is 1. The summed E-state index contributed by atoms with van der Waals surface area (Å²) in [5.41, 5.74) is 5.85. The molecule has 0 unspecified atom stereocenters. The van der Waals surface area contributed by atoms with Crippen molar-refractivity contribution in [2.24, 2.45) is 0 Å². The minimum atomic E-state index is 0.755. The van der Waals surface area contributed by atoms with Crippen molar-refractivity contribution in [2.75, 3.05) is 5.43 Å². The highest BCUT2D eigenvalue weighted by Crippen LogP contribution is 2.21. The number of nitrogens with zero attached hydrogens (tertiary/aromatic N) is 3. The number of thiophene rings is 1. The zero-order chi connectivity index (χ0) is 15.4. The van der Waals surface area contributed by atoms with Gasteiger partial charge in [-0.25, -0.2) is 4.68 Å². The van der Waals surface area contributed by atoms with Gasteiger partial charge in [0.2, 0.25) is 5.16 Å². The van der Waals surface area contributed by atoms with Crippen molar-refractivity contribution in [3.05, 3.63) is 63.1 Å². The molecule has 0 fully saturated rings. The van der Waals surface area contributed by atoms with Crippen molar-refractivity contribution in [3.8, 4) is 0 Å². The molecule has 0 saturated carbocycles. The number of aromatic nitrogens is 3. The predicted octanol–water partition coefficient (Wildman–Crippen LogP) is 4.34. The second-order valence-electron chi connectivity index (χ2n) is 4.76. The third kappa shape index (κ3) is 3.82. The second-order valence-corrected chi connectivity index (χ2v) is 7.14. The van der Waals surface area contributed by atoms with Crippen LogP contribution >= 0.6 is 34.7 Å². The van der Waals surface area contributed by atoms with Crippen molar-refractivity contribution < 1.29 is 0 Å². The molecule has 0 amide bonds. The van der Waals surface area contributed by atoms with E-state index in [1.54, 1.807) is 29.4 Å². The quantitative estimate of drug-likeness (QED) is 0.672. The average Bonchev–Trinajstić information content (AvgIpc) is 3.13. The van der Waals surface area contributed by atoms with Crippen LogP contribution in [0.25, 0.3) is 0 Å². The molecule has 3 rings (SSSR count). The third-order valence-electron chi connectivity index (χ3n) is 3.18. The molecule has 0 aliphatic rings. The average molecular weight is 351 g/mol. The summed E-state index contributed by atoms with van der Waals surface area (Å²) in [6, 6.07) is 9.99. The summed E-state index contributed by atoms with van der Waals surface area (Å²) in [5.74, 6) is 0.829. The van der Waals surface area contributed by atoms with Crippen LogP contribution in [0.4, 0.5) is 0 Å². The summed E-state index contributed by atoms with van der Waals surface area (Å²) in [5, 5.41) is 11.9. The van der Waals surface area contributed by atoms with Crippen molar-refractivity contribution in [1.29, 1.82) is 0 Å². The Kier molecular flexibility index (Phi) is 5.02. The minimum absolute atomic E-state index is 0.755. The fraction of sp³-hybridized carbons (Fsp3) is 0.200. The molecule has 0 bridgehead atoms. The van der Waals surface area contributed by atoms with Gasteiger partial charge in [0, 0.05) is 15.7 Å². The molecule has 0 radical (unpaired) electrons. The van der Waals surface area contributed by atoms with Gasteiger partial charge in [0.25, 0.3) is 0 Å². The summed E-state index contributed by atoms with van der Waals surface area (Å²) < 4.78 is 1.87. The fourth-order valence-electron chi connectivity index (χ4n) is 1.90. The van der Waals surface area contributed by atoms with Crippen LogP contribution in [0.2, 0.25) is 5.02 Å². The highest BCUT2D eigenvalue weighted by atomic mass is 35.5. The zero-order valence-corrected chi connectivity index (χ0v) is 14.4. The second kappa shape index (κ2) is 7.17. The number of aryl methyl sites for hydroxylation is 1. The van der Waals surface area contributed by atoms with Crippen molar-refractivity contribution in [3.63, 3.8) is 0 Å². The van der Waals surface area contributed by atoms with Crippen LogP contribution in [0.1, 0.15) is 16.0 Å². The standard InChI is InChI=1S/C15H15ClN4S2/c1-11-6-7-21-14(11)8-18-20-10-17-19-15(20)22-9-12-2-4-13(16)5-3-12/h2-7,10,18H,8-9H2,1H3. The van der Waals surface area contributed by atoms with E-state index in [-0.39, 0.29) is 0 Å². The number of rotatable bonds is 6. The van der Waals surface area contributed by atoms with Crippen molar-refractivity contribution in [2.45, 2.75) is 24.4 Å². The van der Waals surface area contributed by atoms with Gasteiger partial charge in [0.05, 0.1) is 6.54 Å². The minimum Gasteiger partial charge on any atom is -0.317 e. The number of nitrogens with one attached hydrogen (secondary N) is 1. The van der Waals surface area contributed by atoms with Gasteiger partial charge in [-0.3, -0.25) is 0 Å². The maximum absolute atomic E-state index is 5.90. The lowest BCUT2D eigenvalue weighted by Gasteiger charge is -2.09. The normalized spacial score (nSPS) is 10.8. The van der Waals surface area contributed by atoms with Gasteiger partial charge >= 0.3 is 0 Å². The molecule has 2 heterocycles. The van der Waals surface area contributed by atoms with Gasteiger partial charge in [-0.15, -0.1) is 21.5 Å². The molecule has 7 heteroatoms. The predicted molar refractivity (Wildman–Crippen MR) is 93.2 cm³/mol. The van der Waals surface area contributed by atoms with Gasteiger partial charge in [-0.05, 0) is 41.6 Å². The van der Waals surface area contributed by atoms with Crippen LogP contribution < -0.4 is 5.43 Å². The van der Waals surface area contributed by atoms with Crippen molar-refractivity contribution >= 4 is 34.7 Å². The van der Waals surface area contributed by atoms with E-state index < -0.39 is 0 Å². The van der Waals surface area contributed by atoms with E-state index in [4.69, 9.17) is 11.6 Å². The largest absolute Gasteiger partial charge is 0.317 e. The van der Waals surface area contributed by atoms with E-state index in [0.29, 0.717) is 0 Å². The third-order valence-corrected chi connectivity index (χ3v) is 5.46. The van der Waals surface area contributed by atoms with Gasteiger partial charge in [-0.1, -0.05) is 35.5 Å². The molecule has 114 valence electrons. The van der Waals surface area contributed by atoms with E-state index >= 15 is 0 Å². The molecule has 1 N–H and O–H groups in total. The van der Waals surface area contributed by atoms with E-state index in [2.05, 4.69) is 34.0 Å². The van der Waals surface area contributed by atoms with Crippen LogP contribution in [0.15, 0.2) is 47.2 Å². The Hall–Kier alpha value is -1.50. The number of benzene rings is 1. The van der Waals surface area contributed by atoms with E-state index in [9.17, 15) is 0 Å². The van der Waals surface area contributed by atoms with Crippen molar-refractivity contribution in [1.82, 2.24) is 14.9 Å². The first-order valence-electron chi connectivity index (χ1n) is 6.76.